The molecule has 0 aliphatic heterocycles. The fourth-order valence-corrected chi connectivity index (χ4v) is 2.08. The third kappa shape index (κ3) is 5.51. The number of nitrogens with one attached hydrogen (secondary N) is 2. The van der Waals surface area contributed by atoms with E-state index in [4.69, 9.17) is 14.2 Å². The third-order valence-electron chi connectivity index (χ3n) is 3.90. The Kier molecular flexibility index (Phi) is 8.22. The Balaban J connectivity index is 3.03. The number of ether oxygens (including phenoxy) is 3. The Hall–Kier alpha value is -2.11. The average Bonchev–Trinajstić information content (AvgIpc) is 2.58. The zero-order chi connectivity index (χ0) is 18.1. The number of guanidine groups is 1. The molecule has 0 bridgehead atoms. The van der Waals surface area contributed by atoms with Crippen LogP contribution in [0.3, 0.4) is 0 Å². The fraction of sp³-hybridized carbons (Fsp3) is 0.611. The summed E-state index contributed by atoms with van der Waals surface area (Å²) in [6, 6.07) is 4.05. The van der Waals surface area contributed by atoms with E-state index >= 15 is 0 Å². The number of hydrogen-bond donors (Lipinski definition) is 2. The van der Waals surface area contributed by atoms with E-state index in [-0.39, 0.29) is 0 Å². The molecule has 0 spiro atoms. The molecule has 2 N–H and O–H groups in total. The van der Waals surface area contributed by atoms with Crippen LogP contribution >= 0.6 is 0 Å². The number of rotatable bonds is 8. The number of hydrogen-bond acceptors (Lipinski definition) is 4. The van der Waals surface area contributed by atoms with Crippen LogP contribution in [-0.2, 0) is 6.54 Å². The molecule has 0 aliphatic rings. The topological polar surface area (TPSA) is 64.1 Å². The van der Waals surface area contributed by atoms with E-state index in [0.29, 0.717) is 30.0 Å². The highest BCUT2D eigenvalue weighted by molar-refractivity contribution is 5.80. The van der Waals surface area contributed by atoms with E-state index in [1.165, 1.54) is 0 Å². The molecule has 0 radical (unpaired) electrons. The number of aliphatic imine (C=N–C) groups is 1. The van der Waals surface area contributed by atoms with E-state index in [0.717, 1.165) is 23.8 Å². The van der Waals surface area contributed by atoms with Gasteiger partial charge in [0.2, 0.25) is 0 Å². The summed E-state index contributed by atoms with van der Waals surface area (Å²) >= 11 is 0. The highest BCUT2D eigenvalue weighted by Crippen LogP contribution is 2.34. The van der Waals surface area contributed by atoms with E-state index in [2.05, 4.69) is 36.4 Å². The van der Waals surface area contributed by atoms with E-state index < -0.39 is 0 Å². The van der Waals surface area contributed by atoms with Crippen molar-refractivity contribution in [1.82, 2.24) is 10.6 Å². The van der Waals surface area contributed by atoms with Gasteiger partial charge in [0.25, 0.3) is 0 Å². The van der Waals surface area contributed by atoms with Gasteiger partial charge in [-0.15, -0.1) is 0 Å². The summed E-state index contributed by atoms with van der Waals surface area (Å²) in [5, 5.41) is 6.69. The average molecular weight is 337 g/mol. The molecule has 6 nitrogen and oxygen atoms in total. The van der Waals surface area contributed by atoms with Crippen LogP contribution in [-0.4, -0.2) is 39.9 Å². The van der Waals surface area contributed by atoms with Crippen LogP contribution in [0.25, 0.3) is 0 Å². The second-order valence-corrected chi connectivity index (χ2v) is 5.89. The molecule has 1 atom stereocenters. The van der Waals surface area contributed by atoms with Crippen molar-refractivity contribution in [3.63, 3.8) is 0 Å². The van der Waals surface area contributed by atoms with E-state index in [1.807, 2.05) is 19.1 Å². The second-order valence-electron chi connectivity index (χ2n) is 5.89. The SMILES string of the molecule is CCNC(=NCc1cc(OC)c(OC)cc1OC)NC(C)C(C)C. The van der Waals surface area contributed by atoms with Gasteiger partial charge in [0, 0.05) is 24.2 Å². The molecule has 1 unspecified atom stereocenters. The molecule has 1 aromatic rings. The van der Waals surface area contributed by atoms with Crippen LogP contribution in [0.5, 0.6) is 17.2 Å². The van der Waals surface area contributed by atoms with Gasteiger partial charge in [-0.2, -0.15) is 0 Å². The molecule has 136 valence electrons. The summed E-state index contributed by atoms with van der Waals surface area (Å²) in [6.07, 6.45) is 0. The van der Waals surface area contributed by atoms with Crippen LogP contribution in [0.2, 0.25) is 0 Å². The van der Waals surface area contributed by atoms with Gasteiger partial charge in [0.1, 0.15) is 5.75 Å². The summed E-state index contributed by atoms with van der Waals surface area (Å²) in [5.41, 5.74) is 0.935. The molecule has 0 fully saturated rings. The van der Waals surface area contributed by atoms with Crippen molar-refractivity contribution in [2.24, 2.45) is 10.9 Å². The molecular weight excluding hydrogens is 306 g/mol. The normalized spacial score (nSPS) is 12.8. The molecule has 0 amide bonds. The molecule has 0 heterocycles. The molecule has 0 aliphatic carbocycles. The fourth-order valence-electron chi connectivity index (χ4n) is 2.08. The van der Waals surface area contributed by atoms with Crippen molar-refractivity contribution in [3.8, 4) is 17.2 Å². The van der Waals surface area contributed by atoms with Crippen LogP contribution in [0, 0.1) is 5.92 Å². The minimum absolute atomic E-state index is 0.329. The maximum absolute atomic E-state index is 5.45. The number of nitrogens with zero attached hydrogens (tertiary/aromatic N) is 1. The first-order chi connectivity index (χ1) is 11.5. The Bertz CT molecular complexity index is 545. The van der Waals surface area contributed by atoms with Crippen molar-refractivity contribution >= 4 is 5.96 Å². The van der Waals surface area contributed by atoms with Gasteiger partial charge in [-0.05, 0) is 25.8 Å². The Labute approximate surface area is 145 Å². The number of benzene rings is 1. The summed E-state index contributed by atoms with van der Waals surface area (Å²) < 4.78 is 16.1. The van der Waals surface area contributed by atoms with E-state index in [9.17, 15) is 0 Å². The highest BCUT2D eigenvalue weighted by Gasteiger charge is 2.13. The molecule has 0 saturated carbocycles. The zero-order valence-electron chi connectivity index (χ0n) is 15.9. The molecular formula is C18H31N3O3. The lowest BCUT2D eigenvalue weighted by Gasteiger charge is -2.21. The van der Waals surface area contributed by atoms with Crippen LogP contribution in [0.1, 0.15) is 33.3 Å². The summed E-state index contributed by atoms with van der Waals surface area (Å²) in [6.45, 7) is 9.84. The van der Waals surface area contributed by atoms with Crippen LogP contribution < -0.4 is 24.8 Å². The molecule has 0 saturated heterocycles. The quantitative estimate of drug-likeness (QED) is 0.564. The lowest BCUT2D eigenvalue weighted by Crippen LogP contribution is -2.44. The summed E-state index contributed by atoms with van der Waals surface area (Å²) in [7, 11) is 4.86. The second kappa shape index (κ2) is 9.90. The van der Waals surface area contributed by atoms with Gasteiger partial charge < -0.3 is 24.8 Å². The lowest BCUT2D eigenvalue weighted by atomic mass is 10.1. The van der Waals surface area contributed by atoms with Crippen molar-refractivity contribution in [2.75, 3.05) is 27.9 Å². The first-order valence-electron chi connectivity index (χ1n) is 8.30. The largest absolute Gasteiger partial charge is 0.496 e. The van der Waals surface area contributed by atoms with Gasteiger partial charge in [0.15, 0.2) is 17.5 Å². The minimum atomic E-state index is 0.329. The van der Waals surface area contributed by atoms with Crippen molar-refractivity contribution in [2.45, 2.75) is 40.3 Å². The van der Waals surface area contributed by atoms with Gasteiger partial charge in [-0.1, -0.05) is 13.8 Å². The first-order valence-corrected chi connectivity index (χ1v) is 8.30. The summed E-state index contributed by atoms with van der Waals surface area (Å²) in [5.74, 6) is 3.33. The van der Waals surface area contributed by atoms with Crippen molar-refractivity contribution < 1.29 is 14.2 Å². The molecule has 6 heteroatoms. The van der Waals surface area contributed by atoms with E-state index in [1.54, 1.807) is 21.3 Å². The maximum Gasteiger partial charge on any atom is 0.191 e. The summed E-state index contributed by atoms with van der Waals surface area (Å²) in [4.78, 5) is 4.66. The minimum Gasteiger partial charge on any atom is -0.496 e. The van der Waals surface area contributed by atoms with Gasteiger partial charge in [0.05, 0.1) is 27.9 Å². The monoisotopic (exact) mass is 337 g/mol. The zero-order valence-corrected chi connectivity index (χ0v) is 15.9. The highest BCUT2D eigenvalue weighted by atomic mass is 16.5. The predicted molar refractivity (Wildman–Crippen MR) is 98.3 cm³/mol. The maximum atomic E-state index is 5.45. The van der Waals surface area contributed by atoms with Gasteiger partial charge in [-0.25, -0.2) is 4.99 Å². The van der Waals surface area contributed by atoms with Gasteiger partial charge in [-0.3, -0.25) is 0 Å². The lowest BCUT2D eigenvalue weighted by molar-refractivity contribution is 0.347. The number of methoxy groups -OCH3 is 3. The smallest absolute Gasteiger partial charge is 0.191 e. The molecule has 24 heavy (non-hydrogen) atoms. The standard InChI is InChI=1S/C18H31N3O3/c1-8-19-18(21-13(4)12(2)3)20-11-14-9-16(23-6)17(24-7)10-15(14)22-5/h9-10,12-13H,8,11H2,1-7H3,(H2,19,20,21). The molecule has 1 aromatic carbocycles. The van der Waals surface area contributed by atoms with Crippen LogP contribution in [0.4, 0.5) is 0 Å². The first kappa shape index (κ1) is 19.9. The predicted octanol–water partition coefficient (Wildman–Crippen LogP) is 2.81. The van der Waals surface area contributed by atoms with Crippen molar-refractivity contribution in [3.05, 3.63) is 17.7 Å². The molecule has 1 rings (SSSR count). The Morgan fingerprint density at radius 1 is 1.00 bits per heavy atom. The Morgan fingerprint density at radius 2 is 1.58 bits per heavy atom. The molecule has 0 aromatic heterocycles. The van der Waals surface area contributed by atoms with Crippen molar-refractivity contribution in [1.29, 1.82) is 0 Å². The van der Waals surface area contributed by atoms with Gasteiger partial charge >= 0.3 is 0 Å². The van der Waals surface area contributed by atoms with Crippen LogP contribution in [0.15, 0.2) is 17.1 Å². The third-order valence-corrected chi connectivity index (χ3v) is 3.90. The Morgan fingerprint density at radius 3 is 2.08 bits per heavy atom.